The zero-order valence-electron chi connectivity index (χ0n) is 3.15. The van der Waals surface area contributed by atoms with Gasteiger partial charge < -0.3 is 0 Å². The van der Waals surface area contributed by atoms with E-state index in [0.717, 1.165) is 8.65 Å². The summed E-state index contributed by atoms with van der Waals surface area (Å²) in [5, 5.41) is 0. The standard InChI is InChI=1S/C2H8Si2/c1-2-4-3/h2,4H,1,3H3. The lowest BCUT2D eigenvalue weighted by Crippen LogP contribution is -1.70. The number of hydrogen-bond donors (Lipinski definition) is 0. The topological polar surface area (TPSA) is 0 Å². The predicted molar refractivity (Wildman–Crippen MR) is 28.8 cm³/mol. The lowest BCUT2D eigenvalue weighted by atomic mass is 11.0. The van der Waals surface area contributed by atoms with E-state index in [-0.39, 0.29) is 0 Å². The van der Waals surface area contributed by atoms with Gasteiger partial charge in [0, 0.05) is 9.76 Å². The van der Waals surface area contributed by atoms with Crippen LogP contribution in [0.2, 0.25) is 0 Å². The number of hydrogen-bond acceptors (Lipinski definition) is 0. The van der Waals surface area contributed by atoms with E-state index in [9.17, 15) is 0 Å². The summed E-state index contributed by atoms with van der Waals surface area (Å²) in [4.78, 5) is 0. The maximum absolute atomic E-state index is 2.27. The van der Waals surface area contributed by atoms with Crippen LogP contribution in [0.5, 0.6) is 0 Å². The average Bonchev–Trinajstić information content (AvgIpc) is 1.37. The molecule has 4 heavy (non-hydrogen) atoms. The van der Waals surface area contributed by atoms with Gasteiger partial charge in [-0.1, -0.05) is 6.92 Å². The van der Waals surface area contributed by atoms with E-state index in [1.165, 1.54) is 9.76 Å². The Hall–Kier alpha value is 0.304. The van der Waals surface area contributed by atoms with E-state index in [1.54, 1.807) is 0 Å². The van der Waals surface area contributed by atoms with Gasteiger partial charge in [-0.15, -0.1) is 5.67 Å². The minimum atomic E-state index is 0.796. The Morgan fingerprint density at radius 3 is 2.25 bits per heavy atom. The van der Waals surface area contributed by atoms with E-state index in [4.69, 9.17) is 0 Å². The molecule has 0 amide bonds. The monoisotopic (exact) mass is 88.0 g/mol. The highest BCUT2D eigenvalue weighted by molar-refractivity contribution is 6.91. The third-order valence-electron chi connectivity index (χ3n) is 0.333. The van der Waals surface area contributed by atoms with Crippen molar-refractivity contribution < 1.29 is 0 Å². The van der Waals surface area contributed by atoms with Gasteiger partial charge in [-0.2, -0.15) is 0 Å². The molecule has 0 aromatic rings. The first-order chi connectivity index (χ1) is 1.91. The van der Waals surface area contributed by atoms with Gasteiger partial charge in [0.1, 0.15) is 0 Å². The van der Waals surface area contributed by atoms with Crippen molar-refractivity contribution in [1.82, 2.24) is 0 Å². The predicted octanol–water partition coefficient (Wildman–Crippen LogP) is -1.47. The molecule has 0 aliphatic carbocycles. The zero-order valence-corrected chi connectivity index (χ0v) is 6.31. The Bertz CT molecular complexity index is 19.2. The van der Waals surface area contributed by atoms with Crippen LogP contribution in [0.3, 0.4) is 0 Å². The normalized spacial score (nSPS) is 10.2. The van der Waals surface area contributed by atoms with Crippen LogP contribution in [0.4, 0.5) is 0 Å². The van der Waals surface area contributed by atoms with Crippen molar-refractivity contribution in [3.05, 3.63) is 0 Å². The van der Waals surface area contributed by atoms with Gasteiger partial charge in [-0.3, -0.25) is 0 Å². The van der Waals surface area contributed by atoms with Crippen molar-refractivity contribution in [2.45, 2.75) is 6.92 Å². The first kappa shape index (κ1) is 4.30. The third kappa shape index (κ3) is 2.30. The zero-order chi connectivity index (χ0) is 3.41. The quantitative estimate of drug-likeness (QED) is 0.317. The second kappa shape index (κ2) is 3.30. The molecule has 0 bridgehead atoms. The van der Waals surface area contributed by atoms with Crippen molar-refractivity contribution in [2.24, 2.45) is 0 Å². The van der Waals surface area contributed by atoms with Gasteiger partial charge in [0.05, 0.1) is 0 Å². The molecule has 0 saturated heterocycles. The van der Waals surface area contributed by atoms with E-state index in [2.05, 4.69) is 12.6 Å². The molecule has 0 fully saturated rings. The van der Waals surface area contributed by atoms with Gasteiger partial charge in [-0.05, 0) is 8.65 Å². The van der Waals surface area contributed by atoms with Crippen LogP contribution in [0.1, 0.15) is 6.92 Å². The van der Waals surface area contributed by atoms with Gasteiger partial charge >= 0.3 is 0 Å². The summed E-state index contributed by atoms with van der Waals surface area (Å²) in [6.07, 6.45) is 0. The fourth-order valence-corrected chi connectivity index (χ4v) is 0. The van der Waals surface area contributed by atoms with Gasteiger partial charge in [0.2, 0.25) is 0 Å². The van der Waals surface area contributed by atoms with Crippen LogP contribution < -0.4 is 0 Å². The van der Waals surface area contributed by atoms with E-state index in [1.807, 2.05) is 0 Å². The number of rotatable bonds is 0. The Morgan fingerprint density at radius 2 is 2.25 bits per heavy atom. The fraction of sp³-hybridized carbons (Fsp3) is 0.500. The molecule has 0 spiro atoms. The maximum atomic E-state index is 2.27. The molecule has 0 saturated carbocycles. The molecule has 24 valence electrons. The van der Waals surface area contributed by atoms with Crippen molar-refractivity contribution in [1.29, 1.82) is 0 Å². The smallest absolute Gasteiger partial charge is 0.0119 e. The van der Waals surface area contributed by atoms with E-state index in [0.29, 0.717) is 0 Å². The highest BCUT2D eigenvalue weighted by Crippen LogP contribution is 1.20. The molecular weight excluding hydrogens is 80.2 g/mol. The second-order valence-corrected chi connectivity index (χ2v) is 4.00. The second-order valence-electron chi connectivity index (χ2n) is 0.667. The molecule has 0 radical (unpaired) electrons. The van der Waals surface area contributed by atoms with Crippen LogP contribution in [-0.4, -0.2) is 24.1 Å². The lowest BCUT2D eigenvalue weighted by molar-refractivity contribution is 2.14. The molecule has 2 heteroatoms. The molecule has 0 N–H and O–H groups in total. The van der Waals surface area contributed by atoms with E-state index < -0.39 is 0 Å². The molecule has 0 aliphatic heterocycles. The Labute approximate surface area is 31.9 Å². The molecule has 0 aromatic carbocycles. The minimum Gasteiger partial charge on any atom is -0.113 e. The average molecular weight is 88.3 g/mol. The molecule has 0 atom stereocenters. The van der Waals surface area contributed by atoms with Crippen molar-refractivity contribution in [2.75, 3.05) is 0 Å². The van der Waals surface area contributed by atoms with Crippen molar-refractivity contribution in [3.8, 4) is 0 Å². The highest BCUT2D eigenvalue weighted by Gasteiger charge is 1.36. The molecule has 0 heterocycles. The van der Waals surface area contributed by atoms with Crippen molar-refractivity contribution >= 4 is 24.1 Å². The maximum Gasteiger partial charge on any atom is 0.0119 e. The Kier molecular flexibility index (Phi) is 3.55. The van der Waals surface area contributed by atoms with Gasteiger partial charge in [0.25, 0.3) is 0 Å². The molecule has 0 unspecified atom stereocenters. The van der Waals surface area contributed by atoms with Crippen LogP contribution in [0.15, 0.2) is 0 Å². The van der Waals surface area contributed by atoms with Crippen LogP contribution >= 0.6 is 0 Å². The highest BCUT2D eigenvalue weighted by atomic mass is 29.1. The largest absolute Gasteiger partial charge is 0.113 e. The van der Waals surface area contributed by atoms with Crippen LogP contribution in [0.25, 0.3) is 0 Å². The van der Waals surface area contributed by atoms with Crippen molar-refractivity contribution in [3.63, 3.8) is 0 Å². The summed E-state index contributed by atoms with van der Waals surface area (Å²) in [6, 6.07) is 0. The first-order valence-corrected chi connectivity index (χ1v) is 6.77. The Morgan fingerprint density at radius 1 is 2.00 bits per heavy atom. The summed E-state index contributed by atoms with van der Waals surface area (Å²) in [6.45, 7) is 2.13. The third-order valence-corrected chi connectivity index (χ3v) is 3.00. The lowest BCUT2D eigenvalue weighted by Gasteiger charge is -1.47. The summed E-state index contributed by atoms with van der Waals surface area (Å²) in [5.41, 5.74) is 2.27. The fourth-order valence-electron chi connectivity index (χ4n) is 0. The van der Waals surface area contributed by atoms with Crippen LogP contribution in [-0.2, 0) is 0 Å². The first-order valence-electron chi connectivity index (χ1n) is 1.49. The van der Waals surface area contributed by atoms with Gasteiger partial charge in [-0.25, -0.2) is 0 Å². The summed E-state index contributed by atoms with van der Waals surface area (Å²) in [7, 11) is 2.21. The van der Waals surface area contributed by atoms with E-state index >= 15 is 0 Å². The summed E-state index contributed by atoms with van der Waals surface area (Å²) >= 11 is 0. The summed E-state index contributed by atoms with van der Waals surface area (Å²) in [5.74, 6) is 0. The molecular formula is C2H8Si2. The Balaban J connectivity index is 2.55. The summed E-state index contributed by atoms with van der Waals surface area (Å²) < 4.78 is 0. The molecule has 0 nitrogen and oxygen atoms in total. The van der Waals surface area contributed by atoms with Gasteiger partial charge in [0.15, 0.2) is 0 Å². The minimum absolute atomic E-state index is 0.796. The molecule has 0 aliphatic rings. The molecule has 0 rings (SSSR count). The van der Waals surface area contributed by atoms with Crippen LogP contribution in [0, 0.1) is 0 Å². The molecule has 0 aromatic heterocycles. The SMILES string of the molecule is CC=[SiH][SiH3].